The van der Waals surface area contributed by atoms with Gasteiger partial charge in [-0.15, -0.1) is 13.2 Å². The summed E-state index contributed by atoms with van der Waals surface area (Å²) in [5.74, 6) is -1.75. The highest BCUT2D eigenvalue weighted by Crippen LogP contribution is 2.26. The number of carbonyl (C=O) groups is 2. The monoisotopic (exact) mass is 444 g/mol. The molecule has 0 unspecified atom stereocenters. The topological polar surface area (TPSA) is 119 Å². The molecule has 3 N–H and O–H groups in total. The van der Waals surface area contributed by atoms with Gasteiger partial charge in [0.05, 0.1) is 18.4 Å². The second-order valence-corrected chi connectivity index (χ2v) is 6.36. The van der Waals surface area contributed by atoms with Gasteiger partial charge in [-0.25, -0.2) is 4.79 Å². The summed E-state index contributed by atoms with van der Waals surface area (Å²) >= 11 is 0. The van der Waals surface area contributed by atoms with Gasteiger partial charge in [-0.05, 0) is 42.5 Å². The highest BCUT2D eigenvalue weighted by atomic mass is 19.4. The van der Waals surface area contributed by atoms with E-state index in [0.717, 1.165) is 12.1 Å². The molecule has 0 radical (unpaired) electrons. The Morgan fingerprint density at radius 3 is 2.44 bits per heavy atom. The molecule has 3 aromatic rings. The summed E-state index contributed by atoms with van der Waals surface area (Å²) in [6, 6.07) is 12.6. The van der Waals surface area contributed by atoms with Crippen molar-refractivity contribution in [1.82, 2.24) is 4.57 Å². The van der Waals surface area contributed by atoms with Crippen molar-refractivity contribution in [3.05, 3.63) is 71.5 Å². The number of nitrogens with zero attached hydrogens (tertiary/aromatic N) is 2. The van der Waals surface area contributed by atoms with Crippen LogP contribution >= 0.6 is 0 Å². The molecule has 0 aliphatic heterocycles. The Kier molecular flexibility index (Phi) is 6.06. The Morgan fingerprint density at radius 2 is 1.84 bits per heavy atom. The summed E-state index contributed by atoms with van der Waals surface area (Å²) in [5, 5.41) is 11.8. The first-order valence-electron chi connectivity index (χ1n) is 8.89. The summed E-state index contributed by atoms with van der Waals surface area (Å²) in [4.78, 5) is 24.8. The summed E-state index contributed by atoms with van der Waals surface area (Å²) in [5.41, 5.74) is 6.58. The van der Waals surface area contributed by atoms with E-state index in [1.165, 1.54) is 42.1 Å². The quantitative estimate of drug-likeness (QED) is 0.577. The molecule has 0 saturated heterocycles. The number of ether oxygens (including phenoxy) is 2. The second kappa shape index (κ2) is 8.73. The number of hydrogen-bond acceptors (Lipinski definition) is 6. The van der Waals surface area contributed by atoms with E-state index in [4.69, 9.17) is 10.5 Å². The molecule has 0 atom stereocenters. The third kappa shape index (κ3) is 4.81. The lowest BCUT2D eigenvalue weighted by molar-refractivity contribution is -0.274. The average Bonchev–Trinajstić information content (AvgIpc) is 3.10. The van der Waals surface area contributed by atoms with Crippen LogP contribution < -0.4 is 15.8 Å². The van der Waals surface area contributed by atoms with E-state index in [-0.39, 0.29) is 28.2 Å². The molecule has 1 amide bonds. The van der Waals surface area contributed by atoms with Crippen LogP contribution in [0.1, 0.15) is 26.4 Å². The Morgan fingerprint density at radius 1 is 1.16 bits per heavy atom. The molecular formula is C21H15F3N4O4. The first-order chi connectivity index (χ1) is 15.1. The van der Waals surface area contributed by atoms with Gasteiger partial charge >= 0.3 is 12.3 Å². The van der Waals surface area contributed by atoms with Gasteiger partial charge in [0.15, 0.2) is 5.69 Å². The van der Waals surface area contributed by atoms with Gasteiger partial charge < -0.3 is 25.1 Å². The highest BCUT2D eigenvalue weighted by molar-refractivity contribution is 6.04. The van der Waals surface area contributed by atoms with E-state index < -0.39 is 24.0 Å². The molecule has 1 aromatic heterocycles. The van der Waals surface area contributed by atoms with Gasteiger partial charge in [0.1, 0.15) is 11.8 Å². The van der Waals surface area contributed by atoms with E-state index in [2.05, 4.69) is 10.1 Å². The number of nitrogens with one attached hydrogen (secondary N) is 1. The number of nitrogen functional groups attached to an aromatic ring is 1. The Labute approximate surface area is 179 Å². The predicted octanol–water partition coefficient (Wildman–Crippen LogP) is 3.87. The van der Waals surface area contributed by atoms with Crippen molar-refractivity contribution in [2.75, 3.05) is 18.2 Å². The minimum absolute atomic E-state index is 0.0569. The SMILES string of the molecule is COC(=O)c1c(N)c(C#N)cn1-c1cccc(C(=O)Nc2ccc(OC(F)(F)F)cc2)c1. The molecule has 0 spiro atoms. The lowest BCUT2D eigenvalue weighted by Crippen LogP contribution is -2.17. The molecule has 0 fully saturated rings. The molecular weight excluding hydrogens is 429 g/mol. The van der Waals surface area contributed by atoms with Crippen molar-refractivity contribution in [3.63, 3.8) is 0 Å². The Hall–Kier alpha value is -4.46. The fourth-order valence-electron chi connectivity index (χ4n) is 2.86. The van der Waals surface area contributed by atoms with Crippen LogP contribution in [-0.2, 0) is 4.74 Å². The number of hydrogen-bond donors (Lipinski definition) is 2. The maximum Gasteiger partial charge on any atom is 0.573 e. The van der Waals surface area contributed by atoms with Crippen molar-refractivity contribution >= 4 is 23.3 Å². The second-order valence-electron chi connectivity index (χ2n) is 6.36. The first-order valence-corrected chi connectivity index (χ1v) is 8.89. The van der Waals surface area contributed by atoms with Crippen molar-refractivity contribution in [2.45, 2.75) is 6.36 Å². The maximum atomic E-state index is 12.6. The van der Waals surface area contributed by atoms with Crippen molar-refractivity contribution in [2.24, 2.45) is 0 Å². The molecule has 32 heavy (non-hydrogen) atoms. The number of nitriles is 1. The molecule has 8 nitrogen and oxygen atoms in total. The van der Waals surface area contributed by atoms with Gasteiger partial charge in [0.25, 0.3) is 5.91 Å². The van der Waals surface area contributed by atoms with Crippen LogP contribution in [0.15, 0.2) is 54.7 Å². The van der Waals surface area contributed by atoms with Crippen LogP contribution in [0, 0.1) is 11.3 Å². The van der Waals surface area contributed by atoms with Gasteiger partial charge in [0, 0.05) is 23.1 Å². The van der Waals surface area contributed by atoms with Crippen molar-refractivity contribution < 1.29 is 32.2 Å². The van der Waals surface area contributed by atoms with Gasteiger partial charge in [0.2, 0.25) is 0 Å². The fourth-order valence-corrected chi connectivity index (χ4v) is 2.86. The normalized spacial score (nSPS) is 10.8. The van der Waals surface area contributed by atoms with E-state index in [1.807, 2.05) is 6.07 Å². The van der Waals surface area contributed by atoms with Gasteiger partial charge in [-0.1, -0.05) is 6.07 Å². The van der Waals surface area contributed by atoms with Crippen LogP contribution in [0.3, 0.4) is 0 Å². The highest BCUT2D eigenvalue weighted by Gasteiger charge is 2.31. The largest absolute Gasteiger partial charge is 0.573 e. The number of methoxy groups -OCH3 is 1. The first kappa shape index (κ1) is 22.2. The van der Waals surface area contributed by atoms with E-state index in [1.54, 1.807) is 12.1 Å². The molecule has 3 rings (SSSR count). The summed E-state index contributed by atoms with van der Waals surface area (Å²) in [6.45, 7) is 0. The third-order valence-electron chi connectivity index (χ3n) is 4.28. The lowest BCUT2D eigenvalue weighted by Gasteiger charge is -2.11. The molecule has 0 aliphatic carbocycles. The third-order valence-corrected chi connectivity index (χ3v) is 4.28. The number of benzene rings is 2. The fraction of sp³-hybridized carbons (Fsp3) is 0.0952. The number of rotatable bonds is 5. The van der Waals surface area contributed by atoms with Gasteiger partial charge in [-0.3, -0.25) is 4.79 Å². The predicted molar refractivity (Wildman–Crippen MR) is 107 cm³/mol. The van der Waals surface area contributed by atoms with Crippen LogP contribution in [0.25, 0.3) is 5.69 Å². The van der Waals surface area contributed by atoms with Crippen LogP contribution in [0.4, 0.5) is 24.5 Å². The zero-order chi connectivity index (χ0) is 23.5. The van der Waals surface area contributed by atoms with Crippen LogP contribution in [0.2, 0.25) is 0 Å². The van der Waals surface area contributed by atoms with E-state index >= 15 is 0 Å². The summed E-state index contributed by atoms with van der Waals surface area (Å²) < 4.78 is 46.6. The number of aromatic nitrogens is 1. The van der Waals surface area contributed by atoms with Gasteiger partial charge in [-0.2, -0.15) is 5.26 Å². The molecule has 0 aliphatic rings. The number of alkyl halides is 3. The van der Waals surface area contributed by atoms with E-state index in [9.17, 15) is 28.0 Å². The number of nitrogens with two attached hydrogens (primary N) is 1. The van der Waals surface area contributed by atoms with Crippen LogP contribution in [-0.4, -0.2) is 29.9 Å². The average molecular weight is 444 g/mol. The molecule has 164 valence electrons. The zero-order valence-corrected chi connectivity index (χ0v) is 16.4. The minimum Gasteiger partial charge on any atom is -0.464 e. The zero-order valence-electron chi connectivity index (χ0n) is 16.4. The molecule has 2 aromatic carbocycles. The van der Waals surface area contributed by atoms with Crippen molar-refractivity contribution in [1.29, 1.82) is 5.26 Å². The number of halogens is 3. The molecule has 11 heteroatoms. The molecule has 1 heterocycles. The minimum atomic E-state index is -4.82. The molecule has 0 bridgehead atoms. The smallest absolute Gasteiger partial charge is 0.464 e. The van der Waals surface area contributed by atoms with Crippen LogP contribution in [0.5, 0.6) is 5.75 Å². The Balaban J connectivity index is 1.86. The Bertz CT molecular complexity index is 1210. The standard InChI is InChI=1S/C21H15F3N4O4/c1-31-20(30)18-17(26)13(10-25)11-28(18)15-4-2-3-12(9-15)19(29)27-14-5-7-16(8-6-14)32-21(22,23)24/h2-9,11H,26H2,1H3,(H,27,29). The number of esters is 1. The number of amides is 1. The number of carbonyl (C=O) groups excluding carboxylic acids is 2. The summed E-state index contributed by atoms with van der Waals surface area (Å²) in [7, 11) is 1.17. The van der Waals surface area contributed by atoms with E-state index in [0.29, 0.717) is 5.69 Å². The molecule has 0 saturated carbocycles. The number of anilines is 2. The summed E-state index contributed by atoms with van der Waals surface area (Å²) in [6.07, 6.45) is -3.47. The lowest BCUT2D eigenvalue weighted by atomic mass is 10.1. The van der Waals surface area contributed by atoms with Crippen molar-refractivity contribution in [3.8, 4) is 17.5 Å². The maximum absolute atomic E-state index is 12.6.